The van der Waals surface area contributed by atoms with E-state index in [1.54, 1.807) is 0 Å². The maximum Gasteiger partial charge on any atom is 0.161 e. The van der Waals surface area contributed by atoms with Gasteiger partial charge in [0.15, 0.2) is 5.82 Å². The van der Waals surface area contributed by atoms with Gasteiger partial charge in [0, 0.05) is 23.9 Å². The number of aryl methyl sites for hydroxylation is 1. The van der Waals surface area contributed by atoms with E-state index in [2.05, 4.69) is 29.1 Å². The van der Waals surface area contributed by atoms with Crippen LogP contribution in [0.2, 0.25) is 0 Å². The van der Waals surface area contributed by atoms with Crippen molar-refractivity contribution in [2.75, 3.05) is 18.5 Å². The third kappa shape index (κ3) is 3.47. The Morgan fingerprint density at radius 1 is 1.05 bits per heavy atom. The van der Waals surface area contributed by atoms with E-state index in [4.69, 9.17) is 4.74 Å². The summed E-state index contributed by atoms with van der Waals surface area (Å²) in [5.74, 6) is 2.50. The molecule has 0 saturated heterocycles. The van der Waals surface area contributed by atoms with Gasteiger partial charge >= 0.3 is 0 Å². The van der Waals surface area contributed by atoms with Crippen LogP contribution in [0, 0.1) is 0 Å². The lowest BCUT2D eigenvalue weighted by molar-refractivity contribution is 0.340. The molecule has 4 nitrogen and oxygen atoms in total. The van der Waals surface area contributed by atoms with Crippen molar-refractivity contribution in [2.45, 2.75) is 27.2 Å². The average Bonchev–Trinajstić information content (AvgIpc) is 2.48. The lowest BCUT2D eigenvalue weighted by atomic mass is 10.2. The summed E-state index contributed by atoms with van der Waals surface area (Å²) in [4.78, 5) is 9.14. The normalized spacial score (nSPS) is 10.3. The first-order chi connectivity index (χ1) is 9.76. The van der Waals surface area contributed by atoms with Crippen molar-refractivity contribution in [1.82, 2.24) is 9.97 Å². The van der Waals surface area contributed by atoms with Gasteiger partial charge in [0.1, 0.15) is 11.6 Å². The number of anilines is 1. The first-order valence-electron chi connectivity index (χ1n) is 7.11. The maximum absolute atomic E-state index is 5.45. The molecule has 0 aliphatic carbocycles. The van der Waals surface area contributed by atoms with E-state index < -0.39 is 0 Å². The first-order valence-corrected chi connectivity index (χ1v) is 7.11. The molecule has 0 atom stereocenters. The molecule has 0 unspecified atom stereocenters. The second-order valence-electron chi connectivity index (χ2n) is 4.41. The Labute approximate surface area is 120 Å². The van der Waals surface area contributed by atoms with Crippen LogP contribution in [0.1, 0.15) is 26.5 Å². The van der Waals surface area contributed by atoms with E-state index in [-0.39, 0.29) is 0 Å². The minimum absolute atomic E-state index is 0.672. The minimum atomic E-state index is 0.672. The van der Waals surface area contributed by atoms with Gasteiger partial charge in [-0.25, -0.2) is 9.97 Å². The molecule has 0 fully saturated rings. The highest BCUT2D eigenvalue weighted by atomic mass is 16.5. The predicted molar refractivity (Wildman–Crippen MR) is 82.2 cm³/mol. The lowest BCUT2D eigenvalue weighted by Gasteiger charge is -2.09. The third-order valence-corrected chi connectivity index (χ3v) is 2.92. The summed E-state index contributed by atoms with van der Waals surface area (Å²) in [6.45, 7) is 7.66. The average molecular weight is 271 g/mol. The fourth-order valence-corrected chi connectivity index (χ4v) is 1.95. The topological polar surface area (TPSA) is 47.0 Å². The molecule has 4 heteroatoms. The predicted octanol–water partition coefficient (Wildman–Crippen LogP) is 3.54. The lowest BCUT2D eigenvalue weighted by Crippen LogP contribution is -2.03. The Bertz CT molecular complexity index is 552. The third-order valence-electron chi connectivity index (χ3n) is 2.92. The highest BCUT2D eigenvalue weighted by molar-refractivity contribution is 5.58. The SMILES string of the molecule is CCNc1cc(CC)nc(-c2ccc(OCC)cc2)n1. The summed E-state index contributed by atoms with van der Waals surface area (Å²) in [6, 6.07) is 9.90. The van der Waals surface area contributed by atoms with Crippen LogP contribution in [0.3, 0.4) is 0 Å². The molecule has 1 aromatic carbocycles. The van der Waals surface area contributed by atoms with E-state index >= 15 is 0 Å². The van der Waals surface area contributed by atoms with Crippen LogP contribution >= 0.6 is 0 Å². The van der Waals surface area contributed by atoms with Crippen LogP contribution in [0.5, 0.6) is 5.75 Å². The maximum atomic E-state index is 5.45. The summed E-state index contributed by atoms with van der Waals surface area (Å²) in [5, 5.41) is 3.25. The van der Waals surface area contributed by atoms with Gasteiger partial charge in [-0.1, -0.05) is 6.92 Å². The van der Waals surface area contributed by atoms with E-state index in [9.17, 15) is 0 Å². The summed E-state index contributed by atoms with van der Waals surface area (Å²) in [7, 11) is 0. The van der Waals surface area contributed by atoms with Crippen LogP contribution in [-0.2, 0) is 6.42 Å². The molecule has 0 aliphatic heterocycles. The number of hydrogen-bond donors (Lipinski definition) is 1. The zero-order valence-electron chi connectivity index (χ0n) is 12.3. The van der Waals surface area contributed by atoms with E-state index in [1.165, 1.54) is 0 Å². The number of hydrogen-bond acceptors (Lipinski definition) is 4. The Morgan fingerprint density at radius 3 is 2.40 bits per heavy atom. The van der Waals surface area contributed by atoms with Crippen LogP contribution in [0.15, 0.2) is 30.3 Å². The van der Waals surface area contributed by atoms with Crippen molar-refractivity contribution in [3.05, 3.63) is 36.0 Å². The van der Waals surface area contributed by atoms with Crippen molar-refractivity contribution in [2.24, 2.45) is 0 Å². The van der Waals surface area contributed by atoms with Gasteiger partial charge < -0.3 is 10.1 Å². The number of nitrogens with one attached hydrogen (secondary N) is 1. The molecule has 1 heterocycles. The number of aromatic nitrogens is 2. The second kappa shape index (κ2) is 6.89. The molecule has 0 bridgehead atoms. The number of nitrogens with zero attached hydrogens (tertiary/aromatic N) is 2. The highest BCUT2D eigenvalue weighted by Crippen LogP contribution is 2.21. The molecular formula is C16H21N3O. The van der Waals surface area contributed by atoms with Gasteiger partial charge in [-0.15, -0.1) is 0 Å². The standard InChI is InChI=1S/C16H21N3O/c1-4-13-11-15(17-5-2)19-16(18-13)12-7-9-14(10-8-12)20-6-3/h7-11H,4-6H2,1-3H3,(H,17,18,19). The Kier molecular flexibility index (Phi) is 4.93. The molecule has 0 saturated carbocycles. The van der Waals surface area contributed by atoms with Crippen molar-refractivity contribution in [3.8, 4) is 17.1 Å². The first kappa shape index (κ1) is 14.3. The zero-order chi connectivity index (χ0) is 14.4. The monoisotopic (exact) mass is 271 g/mol. The fourth-order valence-electron chi connectivity index (χ4n) is 1.95. The minimum Gasteiger partial charge on any atom is -0.494 e. The summed E-state index contributed by atoms with van der Waals surface area (Å²) in [5.41, 5.74) is 2.04. The molecule has 1 aromatic heterocycles. The van der Waals surface area contributed by atoms with Gasteiger partial charge in [-0.2, -0.15) is 0 Å². The summed E-state index contributed by atoms with van der Waals surface area (Å²) < 4.78 is 5.45. The molecular weight excluding hydrogens is 250 g/mol. The van der Waals surface area contributed by atoms with Crippen molar-refractivity contribution in [3.63, 3.8) is 0 Å². The molecule has 0 radical (unpaired) electrons. The van der Waals surface area contributed by atoms with Crippen LogP contribution in [0.4, 0.5) is 5.82 Å². The van der Waals surface area contributed by atoms with E-state index in [0.717, 1.165) is 41.6 Å². The number of benzene rings is 1. The van der Waals surface area contributed by atoms with Gasteiger partial charge in [-0.05, 0) is 44.5 Å². The fraction of sp³-hybridized carbons (Fsp3) is 0.375. The molecule has 106 valence electrons. The molecule has 20 heavy (non-hydrogen) atoms. The van der Waals surface area contributed by atoms with Crippen LogP contribution in [-0.4, -0.2) is 23.1 Å². The smallest absolute Gasteiger partial charge is 0.161 e. The van der Waals surface area contributed by atoms with Gasteiger partial charge in [0.25, 0.3) is 0 Å². The van der Waals surface area contributed by atoms with E-state index in [1.807, 2.05) is 37.3 Å². The summed E-state index contributed by atoms with van der Waals surface area (Å²) in [6.07, 6.45) is 0.894. The molecule has 0 aliphatic rings. The van der Waals surface area contributed by atoms with Gasteiger partial charge in [-0.3, -0.25) is 0 Å². The van der Waals surface area contributed by atoms with Crippen molar-refractivity contribution < 1.29 is 4.74 Å². The number of rotatable bonds is 6. The van der Waals surface area contributed by atoms with Gasteiger partial charge in [0.2, 0.25) is 0 Å². The molecule has 2 rings (SSSR count). The summed E-state index contributed by atoms with van der Waals surface area (Å²) >= 11 is 0. The van der Waals surface area contributed by atoms with Crippen LogP contribution in [0.25, 0.3) is 11.4 Å². The van der Waals surface area contributed by atoms with Crippen molar-refractivity contribution in [1.29, 1.82) is 0 Å². The van der Waals surface area contributed by atoms with E-state index in [0.29, 0.717) is 6.61 Å². The second-order valence-corrected chi connectivity index (χ2v) is 4.41. The van der Waals surface area contributed by atoms with Gasteiger partial charge in [0.05, 0.1) is 6.61 Å². The Hall–Kier alpha value is -2.10. The molecule has 1 N–H and O–H groups in total. The highest BCUT2D eigenvalue weighted by Gasteiger charge is 2.06. The molecule has 2 aromatic rings. The quantitative estimate of drug-likeness (QED) is 0.873. The largest absolute Gasteiger partial charge is 0.494 e. The molecule has 0 spiro atoms. The Morgan fingerprint density at radius 2 is 1.80 bits per heavy atom. The van der Waals surface area contributed by atoms with Crippen molar-refractivity contribution >= 4 is 5.82 Å². The molecule has 0 amide bonds. The zero-order valence-corrected chi connectivity index (χ0v) is 12.3. The Balaban J connectivity index is 2.32. The number of ether oxygens (including phenoxy) is 1. The van der Waals surface area contributed by atoms with Crippen LogP contribution < -0.4 is 10.1 Å².